The summed E-state index contributed by atoms with van der Waals surface area (Å²) in [7, 11) is -2.59. The molecule has 1 aromatic rings. The van der Waals surface area contributed by atoms with Crippen LogP contribution in [0, 0.1) is 12.3 Å². The van der Waals surface area contributed by atoms with Gasteiger partial charge in [-0.05, 0) is 51.7 Å². The fourth-order valence-corrected chi connectivity index (χ4v) is 6.56. The van der Waals surface area contributed by atoms with Gasteiger partial charge in [0, 0.05) is 24.2 Å². The van der Waals surface area contributed by atoms with Gasteiger partial charge in [-0.15, -0.1) is 0 Å². The number of carbonyl (C=O) groups excluding carboxylic acids is 2. The van der Waals surface area contributed by atoms with Crippen molar-refractivity contribution in [2.24, 2.45) is 9.78 Å². The zero-order valence-corrected chi connectivity index (χ0v) is 18.4. The summed E-state index contributed by atoms with van der Waals surface area (Å²) in [5.41, 5.74) is -0.830. The molecule has 4 heterocycles. The van der Waals surface area contributed by atoms with Crippen LogP contribution in [0.5, 0.6) is 0 Å². The maximum absolute atomic E-state index is 13.1. The highest BCUT2D eigenvalue weighted by Gasteiger charge is 2.45. The second-order valence-electron chi connectivity index (χ2n) is 9.10. The average Bonchev–Trinajstić information content (AvgIpc) is 3.07. The quantitative estimate of drug-likeness (QED) is 0.770. The topological polar surface area (TPSA) is 107 Å². The molecule has 3 saturated heterocycles. The van der Waals surface area contributed by atoms with Gasteiger partial charge in [0.05, 0.1) is 40.4 Å². The molecule has 0 saturated carbocycles. The van der Waals surface area contributed by atoms with Crippen molar-refractivity contribution in [1.82, 2.24) is 5.32 Å². The fraction of sp³-hybridized carbons (Fsp3) is 0.714. The molecular weight excluding hydrogens is 408 g/mol. The van der Waals surface area contributed by atoms with Gasteiger partial charge in [-0.25, -0.2) is 4.21 Å². The SMILES string of the molecule is Cc1ccc(CC(=O)N=S2(=O)CCC3(CC2)CC(NC(=O)C2(C)COC2)CCO3)o1. The molecular formula is C21H30N2O6S. The van der Waals surface area contributed by atoms with Crippen LogP contribution in [-0.4, -0.2) is 59.0 Å². The van der Waals surface area contributed by atoms with E-state index in [0.29, 0.717) is 56.3 Å². The molecule has 4 rings (SSSR count). The highest BCUT2D eigenvalue weighted by molar-refractivity contribution is 7.93. The summed E-state index contributed by atoms with van der Waals surface area (Å²) in [6.45, 7) is 5.21. The minimum Gasteiger partial charge on any atom is -0.466 e. The Balaban J connectivity index is 1.34. The van der Waals surface area contributed by atoms with E-state index in [9.17, 15) is 13.8 Å². The van der Waals surface area contributed by atoms with E-state index in [1.54, 1.807) is 12.1 Å². The molecule has 1 spiro atoms. The Morgan fingerprint density at radius 3 is 2.60 bits per heavy atom. The van der Waals surface area contributed by atoms with E-state index in [2.05, 4.69) is 9.68 Å². The molecule has 3 aliphatic heterocycles. The number of aryl methyl sites for hydroxylation is 1. The number of ether oxygens (including phenoxy) is 2. The van der Waals surface area contributed by atoms with Gasteiger partial charge >= 0.3 is 0 Å². The minimum atomic E-state index is -2.59. The summed E-state index contributed by atoms with van der Waals surface area (Å²) < 4.78 is 33.9. The second-order valence-corrected chi connectivity index (χ2v) is 11.6. The van der Waals surface area contributed by atoms with Crippen molar-refractivity contribution in [3.8, 4) is 0 Å². The van der Waals surface area contributed by atoms with Crippen LogP contribution in [0.4, 0.5) is 0 Å². The number of nitrogens with zero attached hydrogens (tertiary/aromatic N) is 1. The first-order valence-electron chi connectivity index (χ1n) is 10.5. The molecule has 1 atom stereocenters. The Morgan fingerprint density at radius 1 is 1.27 bits per heavy atom. The molecule has 8 nitrogen and oxygen atoms in total. The summed E-state index contributed by atoms with van der Waals surface area (Å²) >= 11 is 0. The van der Waals surface area contributed by atoms with Crippen molar-refractivity contribution in [2.75, 3.05) is 31.3 Å². The first kappa shape index (κ1) is 21.5. The van der Waals surface area contributed by atoms with Gasteiger partial charge in [-0.2, -0.15) is 4.36 Å². The summed E-state index contributed by atoms with van der Waals surface area (Å²) in [6, 6.07) is 3.57. The van der Waals surface area contributed by atoms with Crippen LogP contribution in [0.2, 0.25) is 0 Å². The van der Waals surface area contributed by atoms with E-state index >= 15 is 0 Å². The zero-order valence-electron chi connectivity index (χ0n) is 17.6. The number of amides is 2. The van der Waals surface area contributed by atoms with Crippen LogP contribution in [0.1, 0.15) is 44.1 Å². The van der Waals surface area contributed by atoms with E-state index in [-0.39, 0.29) is 18.4 Å². The van der Waals surface area contributed by atoms with Crippen molar-refractivity contribution in [3.63, 3.8) is 0 Å². The first-order chi connectivity index (χ1) is 14.2. The van der Waals surface area contributed by atoms with Crippen LogP contribution in [0.15, 0.2) is 20.9 Å². The Bertz CT molecular complexity index is 927. The third kappa shape index (κ3) is 4.63. The molecule has 30 heavy (non-hydrogen) atoms. The highest BCUT2D eigenvalue weighted by Crippen LogP contribution is 2.37. The van der Waals surface area contributed by atoms with Crippen molar-refractivity contribution >= 4 is 21.5 Å². The lowest BCUT2D eigenvalue weighted by atomic mass is 9.83. The molecule has 2 amide bonds. The largest absolute Gasteiger partial charge is 0.466 e. The maximum Gasteiger partial charge on any atom is 0.261 e. The summed E-state index contributed by atoms with van der Waals surface area (Å²) in [5, 5.41) is 3.16. The van der Waals surface area contributed by atoms with Gasteiger partial charge in [0.2, 0.25) is 5.91 Å². The molecule has 0 radical (unpaired) electrons. The molecule has 0 aromatic carbocycles. The van der Waals surface area contributed by atoms with Gasteiger partial charge in [0.25, 0.3) is 5.91 Å². The number of rotatable bonds is 4. The Morgan fingerprint density at radius 2 is 2.00 bits per heavy atom. The van der Waals surface area contributed by atoms with Crippen molar-refractivity contribution in [1.29, 1.82) is 0 Å². The first-order valence-corrected chi connectivity index (χ1v) is 12.4. The van der Waals surface area contributed by atoms with Crippen LogP contribution < -0.4 is 5.32 Å². The molecule has 0 aliphatic carbocycles. The van der Waals surface area contributed by atoms with Crippen molar-refractivity contribution in [3.05, 3.63) is 23.7 Å². The number of carbonyl (C=O) groups is 2. The van der Waals surface area contributed by atoms with Crippen molar-refractivity contribution < 1.29 is 27.7 Å². The molecule has 9 heteroatoms. The van der Waals surface area contributed by atoms with Gasteiger partial charge in [-0.1, -0.05) is 0 Å². The summed E-state index contributed by atoms with van der Waals surface area (Å²) in [5.74, 6) is 1.57. The van der Waals surface area contributed by atoms with Crippen molar-refractivity contribution in [2.45, 2.75) is 57.6 Å². The van der Waals surface area contributed by atoms with Gasteiger partial charge < -0.3 is 19.2 Å². The maximum atomic E-state index is 13.1. The molecule has 1 N–H and O–H groups in total. The lowest BCUT2D eigenvalue weighted by molar-refractivity contribution is -0.160. The van der Waals surface area contributed by atoms with E-state index in [4.69, 9.17) is 13.9 Å². The molecule has 1 aromatic heterocycles. The molecule has 166 valence electrons. The number of hydrogen-bond acceptors (Lipinski definition) is 6. The van der Waals surface area contributed by atoms with Crippen LogP contribution in [0.25, 0.3) is 0 Å². The average molecular weight is 439 g/mol. The number of furan rings is 1. The predicted octanol–water partition coefficient (Wildman–Crippen LogP) is 1.99. The number of hydrogen-bond donors (Lipinski definition) is 1. The van der Waals surface area contributed by atoms with E-state index in [0.717, 1.165) is 12.2 Å². The lowest BCUT2D eigenvalue weighted by Gasteiger charge is -2.45. The smallest absolute Gasteiger partial charge is 0.261 e. The Labute approximate surface area is 177 Å². The standard InChI is InChI=1S/C21H30N2O6S/c1-15-3-4-17(29-15)11-18(24)23-30(26)9-6-21(7-10-30)12-16(5-8-28-21)22-19(25)20(2)13-27-14-20/h3-4,16H,5-14H2,1-2H3,(H,22,25). The molecule has 0 bridgehead atoms. The van der Waals surface area contributed by atoms with Gasteiger partial charge in [0.1, 0.15) is 11.5 Å². The molecule has 1 unspecified atom stereocenters. The Hall–Kier alpha value is -1.71. The van der Waals surface area contributed by atoms with Gasteiger partial charge in [0.15, 0.2) is 0 Å². The van der Waals surface area contributed by atoms with E-state index in [1.165, 1.54) is 0 Å². The van der Waals surface area contributed by atoms with E-state index < -0.39 is 26.7 Å². The van der Waals surface area contributed by atoms with Crippen LogP contribution in [-0.2, 0) is 35.2 Å². The zero-order chi connectivity index (χ0) is 21.4. The van der Waals surface area contributed by atoms with Crippen LogP contribution >= 0.6 is 0 Å². The monoisotopic (exact) mass is 438 g/mol. The normalized spacial score (nSPS) is 32.9. The second kappa shape index (κ2) is 8.09. The minimum absolute atomic E-state index is 0.0308. The third-order valence-corrected chi connectivity index (χ3v) is 8.58. The lowest BCUT2D eigenvalue weighted by Crippen LogP contribution is -2.57. The third-order valence-electron chi connectivity index (χ3n) is 6.36. The van der Waals surface area contributed by atoms with Crippen LogP contribution in [0.3, 0.4) is 0 Å². The molecule has 3 aliphatic rings. The summed E-state index contributed by atoms with van der Waals surface area (Å²) in [4.78, 5) is 24.8. The molecule has 3 fully saturated rings. The highest BCUT2D eigenvalue weighted by atomic mass is 32.2. The summed E-state index contributed by atoms with van der Waals surface area (Å²) in [6.07, 6.45) is 2.66. The predicted molar refractivity (Wildman–Crippen MR) is 110 cm³/mol. The van der Waals surface area contributed by atoms with Gasteiger partial charge in [-0.3, -0.25) is 9.59 Å². The number of nitrogens with one attached hydrogen (secondary N) is 1. The Kier molecular flexibility index (Phi) is 5.80. The fourth-order valence-electron chi connectivity index (χ4n) is 4.35. The van der Waals surface area contributed by atoms with E-state index in [1.807, 2.05) is 13.8 Å².